The molecule has 2 aromatic carbocycles. The quantitative estimate of drug-likeness (QED) is 0.605. The fourth-order valence-electron chi connectivity index (χ4n) is 3.23. The van der Waals surface area contributed by atoms with Gasteiger partial charge in [0.15, 0.2) is 0 Å². The number of amides is 2. The van der Waals surface area contributed by atoms with Crippen LogP contribution in [-0.4, -0.2) is 36.7 Å². The van der Waals surface area contributed by atoms with Gasteiger partial charge in [-0.1, -0.05) is 36.8 Å². The number of anilines is 1. The molecule has 1 fully saturated rings. The molecule has 2 aromatic rings. The van der Waals surface area contributed by atoms with Crippen molar-refractivity contribution < 1.29 is 9.59 Å². The van der Waals surface area contributed by atoms with Crippen molar-refractivity contribution in [1.82, 2.24) is 10.6 Å². The van der Waals surface area contributed by atoms with E-state index in [1.165, 1.54) is 11.8 Å². The average molecular weight is 434 g/mol. The first-order chi connectivity index (χ1) is 13.5. The second-order valence-electron chi connectivity index (χ2n) is 7.25. The van der Waals surface area contributed by atoms with Crippen LogP contribution in [0.5, 0.6) is 0 Å². The summed E-state index contributed by atoms with van der Waals surface area (Å²) in [4.78, 5) is 25.9. The molecule has 1 aliphatic heterocycles. The summed E-state index contributed by atoms with van der Waals surface area (Å²) in [6.07, 6.45) is 0.932. The van der Waals surface area contributed by atoms with Crippen molar-refractivity contribution in [3.8, 4) is 0 Å². The number of carbonyl (C=O) groups excluding carboxylic acids is 2. The minimum Gasteiger partial charge on any atom is -0.349 e. The molecule has 0 aliphatic carbocycles. The molecule has 5 nitrogen and oxygen atoms in total. The highest BCUT2D eigenvalue weighted by molar-refractivity contribution is 8.00. The number of nitrogens with one attached hydrogen (secondary N) is 3. The maximum atomic E-state index is 12.8. The largest absolute Gasteiger partial charge is 0.349 e. The molecule has 1 aliphatic rings. The number of aryl methyl sites for hydroxylation is 1. The molecular formula is C22H28ClN3O2S. The van der Waals surface area contributed by atoms with Gasteiger partial charge in [-0.2, -0.15) is 0 Å². The van der Waals surface area contributed by atoms with E-state index in [0.29, 0.717) is 11.5 Å². The van der Waals surface area contributed by atoms with Crippen molar-refractivity contribution in [1.29, 1.82) is 0 Å². The van der Waals surface area contributed by atoms with E-state index in [1.807, 2.05) is 55.5 Å². The van der Waals surface area contributed by atoms with Gasteiger partial charge in [-0.25, -0.2) is 0 Å². The van der Waals surface area contributed by atoms with E-state index in [0.717, 1.165) is 35.7 Å². The number of halogens is 1. The third kappa shape index (κ3) is 6.77. The standard InChI is InChI=1S/C22H27N3O2S.ClH/c1-15-7-9-17(10-8-15)24-21(26)14-28-20-6-4-3-5-18(20)22(27)25-19-11-12-23-13-16(19)2;/h3-10,16,19,23H,11-14H2,1-2H3,(H,24,26)(H,25,27);1H. The summed E-state index contributed by atoms with van der Waals surface area (Å²) in [7, 11) is 0. The Morgan fingerprint density at radius 1 is 1.14 bits per heavy atom. The van der Waals surface area contributed by atoms with Crippen LogP contribution in [0.1, 0.15) is 29.3 Å². The Balaban J connectivity index is 0.00000300. The molecule has 1 saturated heterocycles. The van der Waals surface area contributed by atoms with Crippen molar-refractivity contribution in [2.24, 2.45) is 5.92 Å². The van der Waals surface area contributed by atoms with E-state index in [-0.39, 0.29) is 36.0 Å². The minimum absolute atomic E-state index is 0. The number of benzene rings is 2. The molecule has 29 heavy (non-hydrogen) atoms. The molecule has 1 heterocycles. The van der Waals surface area contributed by atoms with Gasteiger partial charge in [0, 0.05) is 16.6 Å². The van der Waals surface area contributed by atoms with E-state index in [4.69, 9.17) is 0 Å². The van der Waals surface area contributed by atoms with Crippen LogP contribution >= 0.6 is 24.2 Å². The summed E-state index contributed by atoms with van der Waals surface area (Å²) in [5.41, 5.74) is 2.55. The zero-order valence-electron chi connectivity index (χ0n) is 16.7. The highest BCUT2D eigenvalue weighted by Gasteiger charge is 2.24. The second kappa shape index (κ2) is 11.2. The van der Waals surface area contributed by atoms with E-state index < -0.39 is 0 Å². The molecule has 2 amide bonds. The average Bonchev–Trinajstić information content (AvgIpc) is 2.70. The fourth-order valence-corrected chi connectivity index (χ4v) is 4.08. The monoisotopic (exact) mass is 433 g/mol. The third-order valence-corrected chi connectivity index (χ3v) is 6.00. The molecule has 3 rings (SSSR count). The molecule has 0 bridgehead atoms. The Labute approximate surface area is 182 Å². The summed E-state index contributed by atoms with van der Waals surface area (Å²) in [5, 5.41) is 9.40. The SMILES string of the molecule is Cc1ccc(NC(=O)CSc2ccccc2C(=O)NC2CCNCC2C)cc1.Cl. The van der Waals surface area contributed by atoms with Crippen molar-refractivity contribution in [3.05, 3.63) is 59.7 Å². The van der Waals surface area contributed by atoms with E-state index in [9.17, 15) is 9.59 Å². The highest BCUT2D eigenvalue weighted by atomic mass is 35.5. The number of carbonyl (C=O) groups is 2. The van der Waals surface area contributed by atoms with E-state index >= 15 is 0 Å². The summed E-state index contributed by atoms with van der Waals surface area (Å²) in [6.45, 7) is 5.99. The van der Waals surface area contributed by atoms with Gasteiger partial charge < -0.3 is 16.0 Å². The lowest BCUT2D eigenvalue weighted by molar-refractivity contribution is -0.113. The van der Waals surface area contributed by atoms with E-state index in [1.54, 1.807) is 0 Å². The Kier molecular flexibility index (Phi) is 9.01. The van der Waals surface area contributed by atoms with Gasteiger partial charge in [0.1, 0.15) is 0 Å². The first-order valence-electron chi connectivity index (χ1n) is 9.63. The highest BCUT2D eigenvalue weighted by Crippen LogP contribution is 2.24. The van der Waals surface area contributed by atoms with Crippen LogP contribution < -0.4 is 16.0 Å². The molecule has 0 spiro atoms. The van der Waals surface area contributed by atoms with Gasteiger partial charge in [-0.05, 0) is 56.6 Å². The number of hydrogen-bond donors (Lipinski definition) is 3. The first kappa shape index (κ1) is 23.3. The topological polar surface area (TPSA) is 70.2 Å². The van der Waals surface area contributed by atoms with Crippen LogP contribution in [0.3, 0.4) is 0 Å². The van der Waals surface area contributed by atoms with Crippen LogP contribution in [-0.2, 0) is 4.79 Å². The summed E-state index contributed by atoms with van der Waals surface area (Å²) < 4.78 is 0. The Morgan fingerprint density at radius 3 is 2.59 bits per heavy atom. The summed E-state index contributed by atoms with van der Waals surface area (Å²) in [6, 6.07) is 15.3. The van der Waals surface area contributed by atoms with Crippen LogP contribution in [0.25, 0.3) is 0 Å². The predicted molar refractivity (Wildman–Crippen MR) is 122 cm³/mol. The Hall–Kier alpha value is -2.02. The van der Waals surface area contributed by atoms with Crippen molar-refractivity contribution >= 4 is 41.7 Å². The van der Waals surface area contributed by atoms with Gasteiger partial charge in [0.05, 0.1) is 11.3 Å². The van der Waals surface area contributed by atoms with Crippen molar-refractivity contribution in [2.75, 3.05) is 24.2 Å². The molecule has 2 atom stereocenters. The molecule has 0 radical (unpaired) electrons. The van der Waals surface area contributed by atoms with Crippen LogP contribution in [0.4, 0.5) is 5.69 Å². The maximum absolute atomic E-state index is 12.8. The van der Waals surface area contributed by atoms with Crippen LogP contribution in [0.15, 0.2) is 53.4 Å². The smallest absolute Gasteiger partial charge is 0.252 e. The third-order valence-electron chi connectivity index (χ3n) is 4.93. The van der Waals surface area contributed by atoms with Gasteiger partial charge in [-0.15, -0.1) is 24.2 Å². The fraction of sp³-hybridized carbons (Fsp3) is 0.364. The van der Waals surface area contributed by atoms with Crippen LogP contribution in [0.2, 0.25) is 0 Å². The molecule has 7 heteroatoms. The molecule has 0 aromatic heterocycles. The minimum atomic E-state index is -0.0870. The molecule has 2 unspecified atom stereocenters. The van der Waals surface area contributed by atoms with Crippen molar-refractivity contribution in [3.63, 3.8) is 0 Å². The lowest BCUT2D eigenvalue weighted by Gasteiger charge is -2.30. The number of piperidine rings is 1. The van der Waals surface area contributed by atoms with Crippen LogP contribution in [0, 0.1) is 12.8 Å². The zero-order valence-corrected chi connectivity index (χ0v) is 18.4. The number of thioether (sulfide) groups is 1. The number of hydrogen-bond acceptors (Lipinski definition) is 4. The second-order valence-corrected chi connectivity index (χ2v) is 8.27. The number of rotatable bonds is 6. The van der Waals surface area contributed by atoms with Crippen molar-refractivity contribution in [2.45, 2.75) is 31.2 Å². The molecular weight excluding hydrogens is 406 g/mol. The lowest BCUT2D eigenvalue weighted by Crippen LogP contribution is -2.48. The lowest BCUT2D eigenvalue weighted by atomic mass is 9.95. The summed E-state index contributed by atoms with van der Waals surface area (Å²) >= 11 is 1.38. The zero-order chi connectivity index (χ0) is 19.9. The summed E-state index contributed by atoms with van der Waals surface area (Å²) in [5.74, 6) is 0.497. The van der Waals surface area contributed by atoms with Gasteiger partial charge in [-0.3, -0.25) is 9.59 Å². The van der Waals surface area contributed by atoms with Gasteiger partial charge >= 0.3 is 0 Å². The maximum Gasteiger partial charge on any atom is 0.252 e. The predicted octanol–water partition coefficient (Wildman–Crippen LogP) is 3.88. The van der Waals surface area contributed by atoms with E-state index in [2.05, 4.69) is 22.9 Å². The molecule has 0 saturated carbocycles. The van der Waals surface area contributed by atoms with Gasteiger partial charge in [0.25, 0.3) is 5.91 Å². The molecule has 3 N–H and O–H groups in total. The Bertz CT molecular complexity index is 829. The first-order valence-corrected chi connectivity index (χ1v) is 10.6. The normalized spacial score (nSPS) is 18.4. The molecule has 156 valence electrons. The Morgan fingerprint density at radius 2 is 1.86 bits per heavy atom. The van der Waals surface area contributed by atoms with Gasteiger partial charge in [0.2, 0.25) is 5.91 Å².